The number of halogens is 1. The first-order valence-electron chi connectivity index (χ1n) is 4.89. The second kappa shape index (κ2) is 4.06. The summed E-state index contributed by atoms with van der Waals surface area (Å²) in [5.74, 6) is 0. The standard InChI is InChI=1S/C10H12BrN3S/c1-3-6(2)14-9-8(13-10(14)15)4-7(11)5-12-9/h4-6H,3H2,1-2H3,(H,13,15). The molecular weight excluding hydrogens is 274 g/mol. The number of nitrogens with one attached hydrogen (secondary N) is 1. The van der Waals surface area contributed by atoms with Crippen LogP contribution in [0.15, 0.2) is 16.7 Å². The molecule has 15 heavy (non-hydrogen) atoms. The summed E-state index contributed by atoms with van der Waals surface area (Å²) in [5.41, 5.74) is 1.91. The number of hydrogen-bond acceptors (Lipinski definition) is 2. The molecule has 0 spiro atoms. The van der Waals surface area contributed by atoms with Crippen molar-refractivity contribution in [2.45, 2.75) is 26.3 Å². The van der Waals surface area contributed by atoms with Crippen LogP contribution in [-0.4, -0.2) is 14.5 Å². The largest absolute Gasteiger partial charge is 0.329 e. The summed E-state index contributed by atoms with van der Waals surface area (Å²) in [4.78, 5) is 7.56. The molecule has 0 radical (unpaired) electrons. The van der Waals surface area contributed by atoms with Crippen LogP contribution in [0.5, 0.6) is 0 Å². The molecule has 0 saturated carbocycles. The highest BCUT2D eigenvalue weighted by Gasteiger charge is 2.10. The Morgan fingerprint density at radius 3 is 3.07 bits per heavy atom. The first-order chi connectivity index (χ1) is 7.13. The minimum absolute atomic E-state index is 0.375. The van der Waals surface area contributed by atoms with E-state index >= 15 is 0 Å². The summed E-state index contributed by atoms with van der Waals surface area (Å²) in [6.07, 6.45) is 2.84. The van der Waals surface area contributed by atoms with E-state index < -0.39 is 0 Å². The number of imidazole rings is 1. The summed E-state index contributed by atoms with van der Waals surface area (Å²) >= 11 is 8.69. The predicted octanol–water partition coefficient (Wildman–Crippen LogP) is 3.83. The van der Waals surface area contributed by atoms with E-state index in [1.165, 1.54) is 0 Å². The molecule has 0 aliphatic rings. The van der Waals surface area contributed by atoms with Crippen molar-refractivity contribution < 1.29 is 0 Å². The Hall–Kier alpha value is -0.680. The molecule has 2 aromatic rings. The Morgan fingerprint density at radius 1 is 1.67 bits per heavy atom. The van der Waals surface area contributed by atoms with Gasteiger partial charge >= 0.3 is 0 Å². The molecule has 3 nitrogen and oxygen atoms in total. The Bertz CT molecular complexity index is 543. The lowest BCUT2D eigenvalue weighted by Gasteiger charge is -2.10. The Balaban J connectivity index is 2.74. The first kappa shape index (κ1) is 10.8. The third-order valence-corrected chi connectivity index (χ3v) is 3.29. The first-order valence-corrected chi connectivity index (χ1v) is 6.09. The Labute approximate surface area is 102 Å². The summed E-state index contributed by atoms with van der Waals surface area (Å²) < 4.78 is 3.77. The highest BCUT2D eigenvalue weighted by Crippen LogP contribution is 2.21. The SMILES string of the molecule is CCC(C)n1c(=S)[nH]c2cc(Br)cnc21. The topological polar surface area (TPSA) is 33.6 Å². The maximum Gasteiger partial charge on any atom is 0.179 e. The molecule has 0 aliphatic carbocycles. The second-order valence-electron chi connectivity index (χ2n) is 3.58. The normalized spacial score (nSPS) is 13.3. The zero-order valence-electron chi connectivity index (χ0n) is 8.62. The fourth-order valence-corrected chi connectivity index (χ4v) is 2.29. The van der Waals surface area contributed by atoms with Crippen LogP contribution in [-0.2, 0) is 0 Å². The van der Waals surface area contributed by atoms with E-state index in [9.17, 15) is 0 Å². The molecule has 5 heteroatoms. The molecule has 1 atom stereocenters. The van der Waals surface area contributed by atoms with Gasteiger partial charge < -0.3 is 4.98 Å². The number of pyridine rings is 1. The van der Waals surface area contributed by atoms with Crippen LogP contribution >= 0.6 is 28.1 Å². The van der Waals surface area contributed by atoms with E-state index in [0.29, 0.717) is 6.04 Å². The lowest BCUT2D eigenvalue weighted by atomic mass is 10.2. The quantitative estimate of drug-likeness (QED) is 0.851. The molecule has 0 saturated heterocycles. The highest BCUT2D eigenvalue weighted by atomic mass is 79.9. The molecule has 2 rings (SSSR count). The molecule has 2 heterocycles. The van der Waals surface area contributed by atoms with Gasteiger partial charge in [-0.1, -0.05) is 6.92 Å². The lowest BCUT2D eigenvalue weighted by molar-refractivity contribution is 0.535. The van der Waals surface area contributed by atoms with E-state index in [0.717, 1.165) is 26.8 Å². The number of aromatic nitrogens is 3. The van der Waals surface area contributed by atoms with Gasteiger partial charge in [0, 0.05) is 16.7 Å². The minimum Gasteiger partial charge on any atom is -0.329 e. The maximum atomic E-state index is 5.29. The molecular formula is C10H12BrN3S. The molecule has 0 fully saturated rings. The zero-order valence-corrected chi connectivity index (χ0v) is 11.0. The van der Waals surface area contributed by atoms with Gasteiger partial charge in [-0.3, -0.25) is 4.57 Å². The summed E-state index contributed by atoms with van der Waals surface area (Å²) in [6, 6.07) is 2.37. The average molecular weight is 286 g/mol. The van der Waals surface area contributed by atoms with E-state index in [2.05, 4.69) is 44.3 Å². The van der Waals surface area contributed by atoms with Crippen molar-refractivity contribution in [3.05, 3.63) is 21.5 Å². The summed E-state index contributed by atoms with van der Waals surface area (Å²) in [7, 11) is 0. The summed E-state index contributed by atoms with van der Waals surface area (Å²) in [6.45, 7) is 4.29. The van der Waals surface area contributed by atoms with Crippen LogP contribution in [0.2, 0.25) is 0 Å². The van der Waals surface area contributed by atoms with Gasteiger partial charge in [-0.15, -0.1) is 0 Å². The van der Waals surface area contributed by atoms with Crippen molar-refractivity contribution in [1.82, 2.24) is 14.5 Å². The van der Waals surface area contributed by atoms with Crippen LogP contribution in [0.4, 0.5) is 0 Å². The van der Waals surface area contributed by atoms with E-state index in [-0.39, 0.29) is 0 Å². The number of nitrogens with zero attached hydrogens (tertiary/aromatic N) is 2. The van der Waals surface area contributed by atoms with Gasteiger partial charge in [-0.2, -0.15) is 0 Å². The monoisotopic (exact) mass is 285 g/mol. The number of rotatable bonds is 2. The number of aromatic amines is 1. The van der Waals surface area contributed by atoms with E-state index in [4.69, 9.17) is 12.2 Å². The zero-order chi connectivity index (χ0) is 11.0. The van der Waals surface area contributed by atoms with Crippen molar-refractivity contribution in [2.75, 3.05) is 0 Å². The smallest absolute Gasteiger partial charge is 0.179 e. The Kier molecular flexibility index (Phi) is 2.93. The van der Waals surface area contributed by atoms with Crippen LogP contribution in [0.3, 0.4) is 0 Å². The number of hydrogen-bond donors (Lipinski definition) is 1. The molecule has 80 valence electrons. The molecule has 1 unspecified atom stereocenters. The van der Waals surface area contributed by atoms with Crippen molar-refractivity contribution in [1.29, 1.82) is 0 Å². The van der Waals surface area contributed by atoms with Gasteiger partial charge in [0.2, 0.25) is 0 Å². The molecule has 1 N–H and O–H groups in total. The maximum absolute atomic E-state index is 5.29. The van der Waals surface area contributed by atoms with Crippen molar-refractivity contribution in [3.63, 3.8) is 0 Å². The molecule has 0 bridgehead atoms. The van der Waals surface area contributed by atoms with Gasteiger partial charge in [-0.25, -0.2) is 4.98 Å². The molecule has 0 aromatic carbocycles. The summed E-state index contributed by atoms with van der Waals surface area (Å²) in [5, 5.41) is 0. The number of H-pyrrole nitrogens is 1. The number of fused-ring (bicyclic) bond motifs is 1. The lowest BCUT2D eigenvalue weighted by Crippen LogP contribution is -2.04. The van der Waals surface area contributed by atoms with Gasteiger partial charge in [-0.05, 0) is 47.6 Å². The third kappa shape index (κ3) is 1.86. The fraction of sp³-hybridized carbons (Fsp3) is 0.400. The van der Waals surface area contributed by atoms with Crippen molar-refractivity contribution in [2.24, 2.45) is 0 Å². The van der Waals surface area contributed by atoms with Crippen LogP contribution < -0.4 is 0 Å². The molecule has 0 amide bonds. The third-order valence-electron chi connectivity index (χ3n) is 2.55. The second-order valence-corrected chi connectivity index (χ2v) is 4.88. The van der Waals surface area contributed by atoms with Crippen LogP contribution in [0.25, 0.3) is 11.2 Å². The van der Waals surface area contributed by atoms with E-state index in [1.807, 2.05) is 6.07 Å². The van der Waals surface area contributed by atoms with Crippen LogP contribution in [0, 0.1) is 4.77 Å². The molecule has 0 aliphatic heterocycles. The van der Waals surface area contributed by atoms with Gasteiger partial charge in [0.15, 0.2) is 10.4 Å². The van der Waals surface area contributed by atoms with E-state index in [1.54, 1.807) is 6.20 Å². The highest BCUT2D eigenvalue weighted by molar-refractivity contribution is 9.10. The average Bonchev–Trinajstić information content (AvgIpc) is 2.52. The predicted molar refractivity (Wildman–Crippen MR) is 67.6 cm³/mol. The van der Waals surface area contributed by atoms with Gasteiger partial charge in [0.1, 0.15) is 0 Å². The molecule has 2 aromatic heterocycles. The van der Waals surface area contributed by atoms with Gasteiger partial charge in [0.25, 0.3) is 0 Å². The van der Waals surface area contributed by atoms with Gasteiger partial charge in [0.05, 0.1) is 5.52 Å². The minimum atomic E-state index is 0.375. The van der Waals surface area contributed by atoms with Crippen molar-refractivity contribution >= 4 is 39.3 Å². The Morgan fingerprint density at radius 2 is 2.40 bits per heavy atom. The fourth-order valence-electron chi connectivity index (χ4n) is 1.58. The van der Waals surface area contributed by atoms with Crippen molar-refractivity contribution in [3.8, 4) is 0 Å². The van der Waals surface area contributed by atoms with Crippen LogP contribution in [0.1, 0.15) is 26.3 Å².